The first kappa shape index (κ1) is 23.4. The molecule has 2 aromatic rings. The first-order valence-corrected chi connectivity index (χ1v) is 12.8. The van der Waals surface area contributed by atoms with Gasteiger partial charge in [0.2, 0.25) is 5.12 Å². The second-order valence-electron chi connectivity index (χ2n) is 11.5. The molecule has 8 heteroatoms. The molecular formula is C27H30F2N2O3S. The molecular weight excluding hydrogens is 470 g/mol. The van der Waals surface area contributed by atoms with Crippen molar-refractivity contribution in [3.8, 4) is 5.69 Å². The molecule has 1 aromatic carbocycles. The maximum atomic E-state index is 17.5. The summed E-state index contributed by atoms with van der Waals surface area (Å²) in [5.74, 6) is -1.03. The zero-order valence-electron chi connectivity index (χ0n) is 19.8. The van der Waals surface area contributed by atoms with Gasteiger partial charge in [-0.2, -0.15) is 5.10 Å². The second-order valence-corrected chi connectivity index (χ2v) is 11.9. The van der Waals surface area contributed by atoms with Crippen LogP contribution < -0.4 is 0 Å². The van der Waals surface area contributed by atoms with Crippen molar-refractivity contribution < 1.29 is 23.8 Å². The minimum atomic E-state index is -1.90. The molecule has 4 aliphatic carbocycles. The van der Waals surface area contributed by atoms with E-state index in [2.05, 4.69) is 17.7 Å². The van der Waals surface area contributed by atoms with Gasteiger partial charge in [0.05, 0.1) is 23.7 Å². The number of aromatic nitrogens is 2. The zero-order chi connectivity index (χ0) is 25.0. The third kappa shape index (κ3) is 2.76. The fourth-order valence-corrected chi connectivity index (χ4v) is 8.57. The van der Waals surface area contributed by atoms with E-state index in [1.54, 1.807) is 23.0 Å². The second kappa shape index (κ2) is 7.26. The van der Waals surface area contributed by atoms with Crippen molar-refractivity contribution in [2.45, 2.75) is 69.7 Å². The fourth-order valence-electron chi connectivity index (χ4n) is 8.20. The van der Waals surface area contributed by atoms with Crippen LogP contribution >= 0.6 is 12.6 Å². The van der Waals surface area contributed by atoms with Crippen LogP contribution in [0.15, 0.2) is 36.0 Å². The molecule has 7 atom stereocenters. The number of aliphatic hydroxyl groups excluding tert-OH is 1. The van der Waals surface area contributed by atoms with Crippen molar-refractivity contribution in [1.82, 2.24) is 9.78 Å². The zero-order valence-corrected chi connectivity index (χ0v) is 20.7. The number of thiol groups is 1. The first-order valence-electron chi connectivity index (χ1n) is 12.3. The van der Waals surface area contributed by atoms with Gasteiger partial charge < -0.3 is 10.2 Å². The molecule has 0 bridgehead atoms. The summed E-state index contributed by atoms with van der Waals surface area (Å²) in [6.07, 6.45) is 4.77. The van der Waals surface area contributed by atoms with Crippen LogP contribution in [0.5, 0.6) is 0 Å². The van der Waals surface area contributed by atoms with Gasteiger partial charge in [0.15, 0.2) is 0 Å². The van der Waals surface area contributed by atoms with Crippen molar-refractivity contribution in [3.63, 3.8) is 0 Å². The molecule has 1 heterocycles. The highest BCUT2D eigenvalue weighted by molar-refractivity contribution is 7.96. The lowest BCUT2D eigenvalue weighted by atomic mass is 9.44. The van der Waals surface area contributed by atoms with Gasteiger partial charge in [-0.3, -0.25) is 4.79 Å². The topological polar surface area (TPSA) is 75.3 Å². The number of nitrogens with zero attached hydrogens (tertiary/aromatic N) is 2. The van der Waals surface area contributed by atoms with E-state index in [0.29, 0.717) is 25.7 Å². The van der Waals surface area contributed by atoms with Gasteiger partial charge >= 0.3 is 0 Å². The normalized spacial score (nSPS) is 41.9. The highest BCUT2D eigenvalue weighted by Gasteiger charge is 2.74. The number of carbonyl (C=O) groups is 1. The van der Waals surface area contributed by atoms with E-state index < -0.39 is 39.2 Å². The lowest BCUT2D eigenvalue weighted by Gasteiger charge is -2.63. The number of hydrogen-bond acceptors (Lipinski definition) is 4. The molecule has 0 spiro atoms. The largest absolute Gasteiger partial charge is 0.390 e. The van der Waals surface area contributed by atoms with Crippen LogP contribution in [0.1, 0.15) is 57.2 Å². The molecule has 0 radical (unpaired) electrons. The van der Waals surface area contributed by atoms with Gasteiger partial charge in [0, 0.05) is 16.7 Å². The van der Waals surface area contributed by atoms with Crippen LogP contribution in [0, 0.1) is 28.5 Å². The number of aliphatic hydroxyl groups is 2. The number of alkyl halides is 1. The molecule has 1 aromatic heterocycles. The number of benzene rings is 1. The summed E-state index contributed by atoms with van der Waals surface area (Å²) < 4.78 is 32.7. The summed E-state index contributed by atoms with van der Waals surface area (Å²) in [5, 5.41) is 26.6. The van der Waals surface area contributed by atoms with Gasteiger partial charge in [-0.25, -0.2) is 13.5 Å². The van der Waals surface area contributed by atoms with Crippen LogP contribution in [0.3, 0.4) is 0 Å². The molecule has 3 fully saturated rings. The molecule has 0 unspecified atom stereocenters. The minimum absolute atomic E-state index is 0.0119. The van der Waals surface area contributed by atoms with Crippen molar-refractivity contribution >= 4 is 23.8 Å². The van der Waals surface area contributed by atoms with E-state index in [0.717, 1.165) is 22.5 Å². The monoisotopic (exact) mass is 500 g/mol. The molecule has 186 valence electrons. The van der Waals surface area contributed by atoms with E-state index >= 15 is 4.39 Å². The third-order valence-electron chi connectivity index (χ3n) is 10.2. The maximum absolute atomic E-state index is 17.5. The minimum Gasteiger partial charge on any atom is -0.390 e. The Morgan fingerprint density at radius 3 is 2.60 bits per heavy atom. The molecule has 35 heavy (non-hydrogen) atoms. The lowest BCUT2D eigenvalue weighted by Crippen LogP contribution is -2.69. The molecule has 0 saturated heterocycles. The Balaban J connectivity index is 1.42. The smallest absolute Gasteiger partial charge is 0.218 e. The lowest BCUT2D eigenvalue weighted by molar-refractivity contribution is -0.222. The Bertz CT molecular complexity index is 1260. The van der Waals surface area contributed by atoms with Crippen molar-refractivity contribution in [2.24, 2.45) is 22.7 Å². The predicted molar refractivity (Wildman–Crippen MR) is 130 cm³/mol. The number of fused-ring (bicyclic) bond motifs is 6. The summed E-state index contributed by atoms with van der Waals surface area (Å²) >= 11 is 3.98. The Hall–Kier alpha value is -2.03. The Morgan fingerprint density at radius 1 is 1.20 bits per heavy atom. The Labute approximate surface area is 208 Å². The van der Waals surface area contributed by atoms with E-state index in [1.165, 1.54) is 12.1 Å². The van der Waals surface area contributed by atoms with E-state index in [9.17, 15) is 19.4 Å². The summed E-state index contributed by atoms with van der Waals surface area (Å²) in [4.78, 5) is 12.3. The van der Waals surface area contributed by atoms with E-state index in [-0.39, 0.29) is 24.6 Å². The van der Waals surface area contributed by atoms with Crippen molar-refractivity contribution in [2.75, 3.05) is 0 Å². The summed E-state index contributed by atoms with van der Waals surface area (Å²) in [7, 11) is 0. The predicted octanol–water partition coefficient (Wildman–Crippen LogP) is 4.44. The molecule has 0 aliphatic heterocycles. The summed E-state index contributed by atoms with van der Waals surface area (Å²) in [5.41, 5.74) is -2.01. The van der Waals surface area contributed by atoms with Crippen LogP contribution in [0.2, 0.25) is 0 Å². The third-order valence-corrected chi connectivity index (χ3v) is 10.5. The average molecular weight is 501 g/mol. The van der Waals surface area contributed by atoms with Gasteiger partial charge in [-0.05, 0) is 80.3 Å². The molecule has 0 amide bonds. The van der Waals surface area contributed by atoms with Crippen molar-refractivity contribution in [1.29, 1.82) is 0 Å². The van der Waals surface area contributed by atoms with Crippen LogP contribution in [0.4, 0.5) is 8.78 Å². The number of carbonyl (C=O) groups excluding carboxylic acids is 1. The maximum Gasteiger partial charge on any atom is 0.218 e. The van der Waals surface area contributed by atoms with Gasteiger partial charge in [-0.1, -0.05) is 19.4 Å². The van der Waals surface area contributed by atoms with Gasteiger partial charge in [0.25, 0.3) is 0 Å². The number of rotatable bonds is 2. The van der Waals surface area contributed by atoms with Crippen LogP contribution in [-0.2, 0) is 11.2 Å². The van der Waals surface area contributed by atoms with E-state index in [4.69, 9.17) is 0 Å². The molecule has 2 N–H and O–H groups in total. The molecule has 5 nitrogen and oxygen atoms in total. The number of halogens is 2. The number of hydrogen-bond donors (Lipinski definition) is 3. The molecule has 4 aliphatic rings. The van der Waals surface area contributed by atoms with Crippen molar-refractivity contribution in [3.05, 3.63) is 53.1 Å². The van der Waals surface area contributed by atoms with Crippen LogP contribution in [-0.4, -0.2) is 42.5 Å². The Morgan fingerprint density at radius 2 is 1.91 bits per heavy atom. The SMILES string of the molecule is C[C@]12Cc3cnn(-c4ccc(F)cc4)c3C=C1CC[C@H]1[C@@H]3CC[C@](O)(C(=O)S)[C@@]3(C)C[C@H](O)[C@@]12F. The Kier molecular flexibility index (Phi) is 4.85. The van der Waals surface area contributed by atoms with Gasteiger partial charge in [-0.15, -0.1) is 12.6 Å². The average Bonchev–Trinajstić information content (AvgIpc) is 3.32. The van der Waals surface area contributed by atoms with Crippen LogP contribution in [0.25, 0.3) is 11.8 Å². The van der Waals surface area contributed by atoms with E-state index in [1.807, 2.05) is 19.9 Å². The first-order chi connectivity index (χ1) is 16.5. The molecule has 6 rings (SSSR count). The quantitative estimate of drug-likeness (QED) is 0.533. The van der Waals surface area contributed by atoms with Gasteiger partial charge in [0.1, 0.15) is 17.1 Å². The summed E-state index contributed by atoms with van der Waals surface area (Å²) in [6.45, 7) is 3.72. The highest BCUT2D eigenvalue weighted by atomic mass is 32.1. The summed E-state index contributed by atoms with van der Waals surface area (Å²) in [6, 6.07) is 6.11. The standard InChI is InChI=1S/C27H30F2N2O3S/c1-24-12-15-14-30-31(18-6-4-17(28)5-7-18)21(15)11-16(24)3-8-20-19-9-10-26(34,23(33)35)25(19,2)13-22(32)27(20,24)29/h4-7,11,14,19-20,22,32,34H,3,8-10,12-13H2,1-2H3,(H,33,35)/t19-,20-,22-,24-,25-,26-,27-/m0/s1. The number of allylic oxidation sites excluding steroid dienone is 1. The highest BCUT2D eigenvalue weighted by Crippen LogP contribution is 2.70. The fraction of sp³-hybridized carbons (Fsp3) is 0.556. The molecule has 3 saturated carbocycles.